The number of rotatable bonds is 7. The van der Waals surface area contributed by atoms with Crippen LogP contribution < -0.4 is 14.8 Å². The van der Waals surface area contributed by atoms with E-state index in [1.54, 1.807) is 32.4 Å². The molecule has 1 N–H and O–H groups in total. The fourth-order valence-corrected chi connectivity index (χ4v) is 2.47. The van der Waals surface area contributed by atoms with Gasteiger partial charge in [0.15, 0.2) is 0 Å². The van der Waals surface area contributed by atoms with E-state index in [1.165, 1.54) is 11.1 Å². The summed E-state index contributed by atoms with van der Waals surface area (Å²) in [6, 6.07) is 13.7. The third-order valence-corrected chi connectivity index (χ3v) is 4.00. The van der Waals surface area contributed by atoms with Gasteiger partial charge in [0.2, 0.25) is 0 Å². The Balaban J connectivity index is 1.93. The van der Waals surface area contributed by atoms with Crippen molar-refractivity contribution >= 4 is 5.91 Å². The predicted octanol–water partition coefficient (Wildman–Crippen LogP) is 3.80. The molecule has 0 fully saturated rings. The minimum absolute atomic E-state index is 0.145. The summed E-state index contributed by atoms with van der Waals surface area (Å²) in [6.45, 7) is 4.93. The fraction of sp³-hybridized carbons (Fsp3) is 0.350. The van der Waals surface area contributed by atoms with Crippen LogP contribution in [0, 0.1) is 0 Å². The Kier molecular flexibility index (Phi) is 6.24. The lowest BCUT2D eigenvalue weighted by atomic mass is 10.0. The van der Waals surface area contributed by atoms with Crippen LogP contribution in [-0.2, 0) is 6.42 Å². The number of ether oxygens (including phenoxy) is 2. The maximum atomic E-state index is 12.3. The zero-order chi connectivity index (χ0) is 17.5. The molecule has 4 nitrogen and oxygen atoms in total. The van der Waals surface area contributed by atoms with Gasteiger partial charge >= 0.3 is 0 Å². The van der Waals surface area contributed by atoms with Gasteiger partial charge in [-0.15, -0.1) is 0 Å². The summed E-state index contributed by atoms with van der Waals surface area (Å²) in [5, 5.41) is 2.94. The average molecular weight is 327 g/mol. The highest BCUT2D eigenvalue weighted by Gasteiger charge is 2.12. The van der Waals surface area contributed by atoms with Crippen LogP contribution in [0.1, 0.15) is 41.3 Å². The summed E-state index contributed by atoms with van der Waals surface area (Å²) < 4.78 is 10.4. The Bertz CT molecular complexity index is 678. The number of amides is 1. The van der Waals surface area contributed by atoms with Crippen LogP contribution in [0.2, 0.25) is 0 Å². The lowest BCUT2D eigenvalue weighted by Crippen LogP contribution is -2.26. The normalized spacial score (nSPS) is 10.5. The first-order chi connectivity index (χ1) is 11.5. The quantitative estimate of drug-likeness (QED) is 0.841. The second kappa shape index (κ2) is 8.39. The van der Waals surface area contributed by atoms with Crippen molar-refractivity contribution in [1.82, 2.24) is 5.32 Å². The zero-order valence-electron chi connectivity index (χ0n) is 14.8. The average Bonchev–Trinajstić information content (AvgIpc) is 2.61. The van der Waals surface area contributed by atoms with E-state index in [2.05, 4.69) is 43.4 Å². The van der Waals surface area contributed by atoms with Crippen LogP contribution in [0.4, 0.5) is 0 Å². The minimum Gasteiger partial charge on any atom is -0.497 e. The first-order valence-corrected chi connectivity index (χ1v) is 8.14. The van der Waals surface area contributed by atoms with Crippen molar-refractivity contribution in [1.29, 1.82) is 0 Å². The third kappa shape index (κ3) is 4.51. The summed E-state index contributed by atoms with van der Waals surface area (Å²) >= 11 is 0. The van der Waals surface area contributed by atoms with Crippen molar-refractivity contribution in [2.24, 2.45) is 0 Å². The zero-order valence-corrected chi connectivity index (χ0v) is 14.8. The molecule has 24 heavy (non-hydrogen) atoms. The second-order valence-electron chi connectivity index (χ2n) is 5.97. The summed E-state index contributed by atoms with van der Waals surface area (Å²) in [4.78, 5) is 12.3. The van der Waals surface area contributed by atoms with E-state index in [4.69, 9.17) is 9.47 Å². The van der Waals surface area contributed by atoms with E-state index in [-0.39, 0.29) is 5.91 Å². The molecule has 2 rings (SSSR count). The molecule has 4 heteroatoms. The van der Waals surface area contributed by atoms with Gasteiger partial charge in [0, 0.05) is 12.6 Å². The number of nitrogens with one attached hydrogen (secondary N) is 1. The van der Waals surface area contributed by atoms with E-state index in [0.717, 1.165) is 6.42 Å². The van der Waals surface area contributed by atoms with Crippen molar-refractivity contribution in [3.63, 3.8) is 0 Å². The third-order valence-electron chi connectivity index (χ3n) is 4.00. The number of carbonyl (C=O) groups excluding carboxylic acids is 1. The minimum atomic E-state index is -0.145. The molecule has 0 unspecified atom stereocenters. The van der Waals surface area contributed by atoms with Gasteiger partial charge in [0.1, 0.15) is 11.5 Å². The molecule has 0 aliphatic rings. The monoisotopic (exact) mass is 327 g/mol. The smallest absolute Gasteiger partial charge is 0.255 e. The molecule has 0 radical (unpaired) electrons. The highest BCUT2D eigenvalue weighted by molar-refractivity contribution is 5.97. The largest absolute Gasteiger partial charge is 0.497 e. The van der Waals surface area contributed by atoms with Crippen LogP contribution in [0.3, 0.4) is 0 Å². The van der Waals surface area contributed by atoms with Gasteiger partial charge in [-0.3, -0.25) is 4.79 Å². The van der Waals surface area contributed by atoms with E-state index in [9.17, 15) is 4.79 Å². The lowest BCUT2D eigenvalue weighted by molar-refractivity contribution is 0.0951. The van der Waals surface area contributed by atoms with Gasteiger partial charge in [-0.2, -0.15) is 0 Å². The molecule has 0 aliphatic heterocycles. The van der Waals surface area contributed by atoms with Crippen molar-refractivity contribution in [2.45, 2.75) is 26.2 Å². The molecular weight excluding hydrogens is 302 g/mol. The SMILES string of the molecule is COc1ccc(C(=O)NCCc2ccc(C(C)C)cc2)c(OC)c1. The number of benzene rings is 2. The highest BCUT2D eigenvalue weighted by Crippen LogP contribution is 2.24. The Labute approximate surface area is 143 Å². The first-order valence-electron chi connectivity index (χ1n) is 8.14. The first kappa shape index (κ1) is 17.9. The number of hydrogen-bond acceptors (Lipinski definition) is 3. The lowest BCUT2D eigenvalue weighted by Gasteiger charge is -2.11. The summed E-state index contributed by atoms with van der Waals surface area (Å²) in [7, 11) is 3.13. The van der Waals surface area contributed by atoms with Crippen LogP contribution in [-0.4, -0.2) is 26.7 Å². The fourth-order valence-electron chi connectivity index (χ4n) is 2.47. The van der Waals surface area contributed by atoms with Gasteiger partial charge in [-0.1, -0.05) is 38.1 Å². The van der Waals surface area contributed by atoms with Gasteiger partial charge in [-0.25, -0.2) is 0 Å². The molecule has 0 aromatic heterocycles. The Morgan fingerprint density at radius 3 is 2.33 bits per heavy atom. The van der Waals surface area contributed by atoms with Crippen LogP contribution >= 0.6 is 0 Å². The van der Waals surface area contributed by atoms with Gasteiger partial charge < -0.3 is 14.8 Å². The molecule has 2 aromatic rings. The van der Waals surface area contributed by atoms with Gasteiger partial charge in [0.05, 0.1) is 19.8 Å². The molecule has 0 aliphatic carbocycles. The summed E-state index contributed by atoms with van der Waals surface area (Å²) in [5.41, 5.74) is 3.04. The summed E-state index contributed by atoms with van der Waals surface area (Å²) in [6.07, 6.45) is 0.794. The second-order valence-corrected chi connectivity index (χ2v) is 5.97. The van der Waals surface area contributed by atoms with Crippen LogP contribution in [0.5, 0.6) is 11.5 Å². The molecule has 0 spiro atoms. The summed E-state index contributed by atoms with van der Waals surface area (Å²) in [5.74, 6) is 1.55. The van der Waals surface area contributed by atoms with E-state index in [1.807, 2.05) is 0 Å². The topological polar surface area (TPSA) is 47.6 Å². The number of methoxy groups -OCH3 is 2. The maximum absolute atomic E-state index is 12.3. The predicted molar refractivity (Wildman–Crippen MR) is 96.1 cm³/mol. The van der Waals surface area contributed by atoms with E-state index < -0.39 is 0 Å². The molecule has 0 atom stereocenters. The molecule has 0 saturated heterocycles. The molecule has 0 saturated carbocycles. The number of carbonyl (C=O) groups is 1. The van der Waals surface area contributed by atoms with Crippen LogP contribution in [0.15, 0.2) is 42.5 Å². The van der Waals surface area contributed by atoms with Gasteiger partial charge in [0.25, 0.3) is 5.91 Å². The number of hydrogen-bond donors (Lipinski definition) is 1. The Morgan fingerprint density at radius 2 is 1.75 bits per heavy atom. The van der Waals surface area contributed by atoms with E-state index in [0.29, 0.717) is 29.5 Å². The van der Waals surface area contributed by atoms with Crippen molar-refractivity contribution < 1.29 is 14.3 Å². The maximum Gasteiger partial charge on any atom is 0.255 e. The van der Waals surface area contributed by atoms with E-state index >= 15 is 0 Å². The molecule has 2 aromatic carbocycles. The van der Waals surface area contributed by atoms with Crippen molar-refractivity contribution in [3.05, 3.63) is 59.2 Å². The van der Waals surface area contributed by atoms with Crippen molar-refractivity contribution in [2.75, 3.05) is 20.8 Å². The molecular formula is C20H25NO3. The van der Waals surface area contributed by atoms with Crippen molar-refractivity contribution in [3.8, 4) is 11.5 Å². The van der Waals surface area contributed by atoms with Crippen LogP contribution in [0.25, 0.3) is 0 Å². The molecule has 0 heterocycles. The highest BCUT2D eigenvalue weighted by atomic mass is 16.5. The molecule has 1 amide bonds. The molecule has 128 valence electrons. The Hall–Kier alpha value is -2.49. The molecule has 0 bridgehead atoms. The Morgan fingerprint density at radius 1 is 1.04 bits per heavy atom. The standard InChI is InChI=1S/C20H25NO3/c1-14(2)16-7-5-15(6-8-16)11-12-21-20(22)18-10-9-17(23-3)13-19(18)24-4/h5-10,13-14H,11-12H2,1-4H3,(H,21,22). The van der Waals surface area contributed by atoms with Gasteiger partial charge in [-0.05, 0) is 35.6 Å².